The Kier molecular flexibility index (Phi) is 7.07. The minimum atomic E-state index is -0.607. The minimum absolute atomic E-state index is 0.213. The molecule has 35 heavy (non-hydrogen) atoms. The van der Waals surface area contributed by atoms with E-state index in [0.29, 0.717) is 28.7 Å². The highest BCUT2D eigenvalue weighted by molar-refractivity contribution is 6.32. The number of carbonyl (C=O) groups is 1. The van der Waals surface area contributed by atoms with Crippen LogP contribution in [0.5, 0.6) is 5.75 Å². The first-order valence-electron chi connectivity index (χ1n) is 11.1. The number of rotatable bonds is 8. The minimum Gasteiger partial charge on any atom is -0.495 e. The first-order chi connectivity index (χ1) is 16.8. The zero-order chi connectivity index (χ0) is 25.1. The number of imidazole rings is 1. The summed E-state index contributed by atoms with van der Waals surface area (Å²) in [6.45, 7) is 4.35. The molecule has 182 valence electrons. The number of hydrogen-bond donors (Lipinski definition) is 1. The van der Waals surface area contributed by atoms with Crippen LogP contribution in [-0.4, -0.2) is 31.7 Å². The number of ether oxygens (including phenoxy) is 1. The van der Waals surface area contributed by atoms with E-state index in [2.05, 4.69) is 10.3 Å². The van der Waals surface area contributed by atoms with E-state index in [1.807, 2.05) is 44.2 Å². The molecule has 10 heteroatoms. The molecule has 0 radical (unpaired) electrons. The van der Waals surface area contributed by atoms with Crippen LogP contribution in [0.3, 0.4) is 0 Å². The van der Waals surface area contributed by atoms with Crippen molar-refractivity contribution in [1.82, 2.24) is 18.7 Å². The van der Waals surface area contributed by atoms with Crippen molar-refractivity contribution in [2.75, 3.05) is 12.4 Å². The second kappa shape index (κ2) is 10.2. The number of amides is 1. The number of aromatic nitrogens is 4. The van der Waals surface area contributed by atoms with Gasteiger partial charge in [0.1, 0.15) is 12.3 Å². The molecule has 0 fully saturated rings. The summed E-state index contributed by atoms with van der Waals surface area (Å²) in [5.41, 5.74) is 0.707. The van der Waals surface area contributed by atoms with Crippen LogP contribution in [0.25, 0.3) is 11.2 Å². The Morgan fingerprint density at radius 1 is 1.11 bits per heavy atom. The third kappa shape index (κ3) is 5.14. The zero-order valence-corrected chi connectivity index (χ0v) is 20.5. The number of methoxy groups -OCH3 is 1. The van der Waals surface area contributed by atoms with E-state index in [4.69, 9.17) is 16.3 Å². The van der Waals surface area contributed by atoms with Crippen molar-refractivity contribution >= 4 is 34.4 Å². The number of fused-ring (bicyclic) bond motifs is 1. The molecule has 2 aromatic heterocycles. The average Bonchev–Trinajstić information content (AvgIpc) is 3.23. The maximum absolute atomic E-state index is 13.4. The van der Waals surface area contributed by atoms with Crippen LogP contribution >= 0.6 is 11.6 Å². The second-order valence-electron chi connectivity index (χ2n) is 8.61. The monoisotopic (exact) mass is 495 g/mol. The van der Waals surface area contributed by atoms with Gasteiger partial charge in [-0.15, -0.1) is 0 Å². The van der Waals surface area contributed by atoms with Crippen molar-refractivity contribution in [2.45, 2.75) is 33.5 Å². The molecule has 0 aliphatic rings. The lowest BCUT2D eigenvalue weighted by molar-refractivity contribution is -0.116. The third-order valence-electron chi connectivity index (χ3n) is 5.47. The van der Waals surface area contributed by atoms with Gasteiger partial charge >= 0.3 is 5.69 Å². The van der Waals surface area contributed by atoms with Crippen LogP contribution in [-0.2, 0) is 24.4 Å². The average molecular weight is 496 g/mol. The standard InChI is InChI=1S/C25H26ClN5O4/c1-16(2)12-29-15-27-23-22(29)24(33)31(25(34)30(23)13-17-7-5-4-6-8-17)14-21(32)28-18-9-10-20(35-3)19(26)11-18/h4-11,15-16H,12-14H2,1-3H3,(H,28,32). The van der Waals surface area contributed by atoms with Gasteiger partial charge in [-0.05, 0) is 29.7 Å². The van der Waals surface area contributed by atoms with Gasteiger partial charge in [0, 0.05) is 12.2 Å². The highest BCUT2D eigenvalue weighted by atomic mass is 35.5. The lowest BCUT2D eigenvalue weighted by Crippen LogP contribution is -2.43. The topological polar surface area (TPSA) is 100 Å². The Balaban J connectivity index is 1.76. The molecule has 1 amide bonds. The fourth-order valence-corrected chi connectivity index (χ4v) is 4.16. The Hall–Kier alpha value is -3.85. The van der Waals surface area contributed by atoms with Crippen LogP contribution < -0.4 is 21.3 Å². The molecule has 0 spiro atoms. The smallest absolute Gasteiger partial charge is 0.333 e. The second-order valence-corrected chi connectivity index (χ2v) is 9.01. The summed E-state index contributed by atoms with van der Waals surface area (Å²) in [6.07, 6.45) is 1.57. The summed E-state index contributed by atoms with van der Waals surface area (Å²) in [6, 6.07) is 14.2. The maximum atomic E-state index is 13.4. The number of anilines is 1. The lowest BCUT2D eigenvalue weighted by atomic mass is 10.2. The van der Waals surface area contributed by atoms with Gasteiger partial charge < -0.3 is 14.6 Å². The predicted octanol–water partition coefficient (Wildman–Crippen LogP) is 3.36. The quantitative estimate of drug-likeness (QED) is 0.404. The van der Waals surface area contributed by atoms with Crippen molar-refractivity contribution in [3.63, 3.8) is 0 Å². The molecule has 4 aromatic rings. The van der Waals surface area contributed by atoms with E-state index in [1.165, 1.54) is 17.7 Å². The predicted molar refractivity (Wildman–Crippen MR) is 135 cm³/mol. The van der Waals surface area contributed by atoms with Crippen LogP contribution in [0.1, 0.15) is 19.4 Å². The van der Waals surface area contributed by atoms with E-state index >= 15 is 0 Å². The number of nitrogens with one attached hydrogen (secondary N) is 1. The maximum Gasteiger partial charge on any atom is 0.333 e. The number of benzene rings is 2. The van der Waals surface area contributed by atoms with E-state index in [0.717, 1.165) is 10.1 Å². The lowest BCUT2D eigenvalue weighted by Gasteiger charge is -2.14. The van der Waals surface area contributed by atoms with Crippen molar-refractivity contribution in [1.29, 1.82) is 0 Å². The van der Waals surface area contributed by atoms with Gasteiger partial charge in [-0.3, -0.25) is 14.2 Å². The molecule has 0 aliphatic carbocycles. The summed E-state index contributed by atoms with van der Waals surface area (Å²) in [5, 5.41) is 3.01. The number of nitrogens with zero attached hydrogens (tertiary/aromatic N) is 4. The van der Waals surface area contributed by atoms with Gasteiger partial charge in [0.15, 0.2) is 11.2 Å². The highest BCUT2D eigenvalue weighted by Gasteiger charge is 2.20. The van der Waals surface area contributed by atoms with Crippen molar-refractivity contribution in [3.05, 3.63) is 86.3 Å². The van der Waals surface area contributed by atoms with Crippen LogP contribution in [0.2, 0.25) is 5.02 Å². The molecule has 0 saturated heterocycles. The van der Waals surface area contributed by atoms with Gasteiger partial charge in [0.2, 0.25) is 5.91 Å². The summed E-state index contributed by atoms with van der Waals surface area (Å²) < 4.78 is 9.24. The summed E-state index contributed by atoms with van der Waals surface area (Å²) >= 11 is 6.14. The summed E-state index contributed by atoms with van der Waals surface area (Å²) in [4.78, 5) is 44.1. The molecule has 9 nitrogen and oxygen atoms in total. The number of halogens is 1. The van der Waals surface area contributed by atoms with Gasteiger partial charge in [-0.1, -0.05) is 55.8 Å². The van der Waals surface area contributed by atoms with Crippen molar-refractivity contribution in [3.8, 4) is 5.75 Å². The van der Waals surface area contributed by atoms with E-state index in [1.54, 1.807) is 23.0 Å². The molecular formula is C25H26ClN5O4. The Labute approximate surface area is 206 Å². The SMILES string of the molecule is COc1ccc(NC(=O)Cn2c(=O)c3c(ncn3CC(C)C)n(Cc3ccccc3)c2=O)cc1Cl. The summed E-state index contributed by atoms with van der Waals surface area (Å²) in [7, 11) is 1.49. The van der Waals surface area contributed by atoms with E-state index in [9.17, 15) is 14.4 Å². The molecular weight excluding hydrogens is 470 g/mol. The van der Waals surface area contributed by atoms with Crippen LogP contribution in [0.15, 0.2) is 64.4 Å². The number of carbonyl (C=O) groups excluding carboxylic acids is 1. The first kappa shape index (κ1) is 24.3. The molecule has 0 aliphatic heterocycles. The van der Waals surface area contributed by atoms with Gasteiger partial charge in [-0.2, -0.15) is 0 Å². The highest BCUT2D eigenvalue weighted by Crippen LogP contribution is 2.27. The summed E-state index contributed by atoms with van der Waals surface area (Å²) in [5.74, 6) is 0.178. The molecule has 0 unspecified atom stereocenters. The normalized spacial score (nSPS) is 11.2. The molecule has 1 N–H and O–H groups in total. The first-order valence-corrected chi connectivity index (χ1v) is 11.5. The molecule has 2 heterocycles. The molecule has 4 rings (SSSR count). The Morgan fingerprint density at radius 2 is 1.86 bits per heavy atom. The van der Waals surface area contributed by atoms with E-state index < -0.39 is 23.7 Å². The van der Waals surface area contributed by atoms with Gasteiger partial charge in [0.25, 0.3) is 5.56 Å². The molecule has 0 atom stereocenters. The third-order valence-corrected chi connectivity index (χ3v) is 5.76. The number of hydrogen-bond acceptors (Lipinski definition) is 5. The molecule has 0 saturated carbocycles. The largest absolute Gasteiger partial charge is 0.495 e. The molecule has 0 bridgehead atoms. The van der Waals surface area contributed by atoms with Gasteiger partial charge in [-0.25, -0.2) is 14.3 Å². The van der Waals surface area contributed by atoms with E-state index in [-0.39, 0.29) is 18.0 Å². The zero-order valence-electron chi connectivity index (χ0n) is 19.7. The van der Waals surface area contributed by atoms with Gasteiger partial charge in [0.05, 0.1) is 25.0 Å². The Morgan fingerprint density at radius 3 is 2.51 bits per heavy atom. The van der Waals surface area contributed by atoms with Crippen LogP contribution in [0.4, 0.5) is 5.69 Å². The fraction of sp³-hybridized carbons (Fsp3) is 0.280. The Bertz CT molecular complexity index is 1490. The van der Waals surface area contributed by atoms with Crippen molar-refractivity contribution < 1.29 is 9.53 Å². The van der Waals surface area contributed by atoms with Crippen molar-refractivity contribution in [2.24, 2.45) is 5.92 Å². The van der Waals surface area contributed by atoms with Crippen LogP contribution in [0, 0.1) is 5.92 Å². The molecule has 2 aromatic carbocycles. The fourth-order valence-electron chi connectivity index (χ4n) is 3.91.